The summed E-state index contributed by atoms with van der Waals surface area (Å²) in [5, 5.41) is 3.73. The van der Waals surface area contributed by atoms with Gasteiger partial charge in [-0.2, -0.15) is 0 Å². The van der Waals surface area contributed by atoms with E-state index in [9.17, 15) is 4.79 Å². The summed E-state index contributed by atoms with van der Waals surface area (Å²) < 4.78 is 5.06. The number of amides is 1. The van der Waals surface area contributed by atoms with Crippen molar-refractivity contribution in [3.63, 3.8) is 0 Å². The van der Waals surface area contributed by atoms with Crippen LogP contribution in [-0.2, 0) is 0 Å². The Kier molecular flexibility index (Phi) is 5.47. The minimum atomic E-state index is -0.778. The molecule has 0 saturated heterocycles. The molecule has 21 heavy (non-hydrogen) atoms. The van der Waals surface area contributed by atoms with E-state index in [0.29, 0.717) is 20.8 Å². The first-order valence-corrected chi connectivity index (χ1v) is 7.34. The number of rotatable bonds is 2. The molecule has 0 heterocycles. The number of ether oxygens (including phenoxy) is 1. The second-order valence-electron chi connectivity index (χ2n) is 3.84. The summed E-state index contributed by atoms with van der Waals surface area (Å²) in [5.74, 6) is 0.0142. The number of benzene rings is 2. The Bertz CT molecular complexity index is 682. The summed E-state index contributed by atoms with van der Waals surface area (Å²) in [5.41, 5.74) is 0.413. The lowest BCUT2D eigenvalue weighted by Gasteiger charge is -2.10. The molecule has 0 saturated carbocycles. The third kappa shape index (κ3) is 4.31. The largest absolute Gasteiger partial charge is 0.417 e. The van der Waals surface area contributed by atoms with E-state index in [4.69, 9.17) is 62.7 Å². The van der Waals surface area contributed by atoms with Crippen LogP contribution in [0.25, 0.3) is 0 Å². The van der Waals surface area contributed by atoms with Gasteiger partial charge in [-0.1, -0.05) is 58.0 Å². The predicted molar refractivity (Wildman–Crippen MR) is 87.6 cm³/mol. The fourth-order valence-electron chi connectivity index (χ4n) is 1.44. The molecule has 0 fully saturated rings. The van der Waals surface area contributed by atoms with Crippen LogP contribution in [0.15, 0.2) is 30.3 Å². The molecule has 110 valence electrons. The van der Waals surface area contributed by atoms with Crippen LogP contribution in [0.5, 0.6) is 5.75 Å². The molecule has 0 unspecified atom stereocenters. The van der Waals surface area contributed by atoms with Crippen LogP contribution >= 0.6 is 58.0 Å². The zero-order valence-corrected chi connectivity index (χ0v) is 13.9. The normalized spacial score (nSPS) is 10.3. The van der Waals surface area contributed by atoms with Crippen LogP contribution in [0.2, 0.25) is 25.1 Å². The van der Waals surface area contributed by atoms with Crippen molar-refractivity contribution >= 4 is 69.8 Å². The molecule has 0 aliphatic heterocycles. The summed E-state index contributed by atoms with van der Waals surface area (Å²) in [6.07, 6.45) is -0.778. The minimum absolute atomic E-state index is 0.0142. The molecule has 8 heteroatoms. The van der Waals surface area contributed by atoms with Gasteiger partial charge in [-0.25, -0.2) is 4.79 Å². The number of anilines is 1. The van der Waals surface area contributed by atoms with E-state index < -0.39 is 6.09 Å². The lowest BCUT2D eigenvalue weighted by atomic mass is 10.3. The molecule has 3 nitrogen and oxygen atoms in total. The molecule has 0 spiro atoms. The van der Waals surface area contributed by atoms with Gasteiger partial charge in [-0.05, 0) is 30.3 Å². The molecule has 0 aromatic heterocycles. The first-order valence-electron chi connectivity index (χ1n) is 5.45. The fourth-order valence-corrected chi connectivity index (χ4v) is 2.63. The van der Waals surface area contributed by atoms with Gasteiger partial charge in [-0.3, -0.25) is 5.32 Å². The monoisotopic (exact) mass is 383 g/mol. The van der Waals surface area contributed by atoms with Crippen molar-refractivity contribution in [2.45, 2.75) is 0 Å². The number of hydrogen-bond donors (Lipinski definition) is 1. The molecule has 1 amide bonds. The Balaban J connectivity index is 2.13. The summed E-state index contributed by atoms with van der Waals surface area (Å²) in [6, 6.07) is 7.42. The van der Waals surface area contributed by atoms with Crippen LogP contribution in [0, 0.1) is 0 Å². The lowest BCUT2D eigenvalue weighted by Crippen LogP contribution is -2.17. The second kappa shape index (κ2) is 6.95. The SMILES string of the molecule is O=C(Nc1ccc(Cl)c(Cl)c1)Oc1c(Cl)cc(Cl)cc1Cl. The van der Waals surface area contributed by atoms with Gasteiger partial charge in [-0.15, -0.1) is 0 Å². The Morgan fingerprint density at radius 1 is 0.857 bits per heavy atom. The third-order valence-corrected chi connectivity index (χ3v) is 3.84. The van der Waals surface area contributed by atoms with Crippen LogP contribution in [0.1, 0.15) is 0 Å². The van der Waals surface area contributed by atoms with Crippen LogP contribution in [-0.4, -0.2) is 6.09 Å². The van der Waals surface area contributed by atoms with Crippen LogP contribution in [0.4, 0.5) is 10.5 Å². The Hall–Kier alpha value is -0.840. The predicted octanol–water partition coefficient (Wildman–Crippen LogP) is 6.56. The topological polar surface area (TPSA) is 38.3 Å². The smallest absolute Gasteiger partial charge is 0.407 e. The summed E-state index contributed by atoms with van der Waals surface area (Å²) in [6.45, 7) is 0. The number of hydrogen-bond acceptors (Lipinski definition) is 2. The average molecular weight is 385 g/mol. The lowest BCUT2D eigenvalue weighted by molar-refractivity contribution is 0.215. The summed E-state index contributed by atoms with van der Waals surface area (Å²) in [4.78, 5) is 11.8. The van der Waals surface area contributed by atoms with Gasteiger partial charge in [0.1, 0.15) is 0 Å². The zero-order chi connectivity index (χ0) is 15.6. The number of nitrogens with one attached hydrogen (secondary N) is 1. The molecular formula is C13H6Cl5NO2. The van der Waals surface area contributed by atoms with Crippen LogP contribution < -0.4 is 10.1 Å². The highest BCUT2D eigenvalue weighted by molar-refractivity contribution is 6.42. The Morgan fingerprint density at radius 3 is 2.05 bits per heavy atom. The van der Waals surface area contributed by atoms with Gasteiger partial charge >= 0.3 is 6.09 Å². The van der Waals surface area contributed by atoms with Gasteiger partial charge in [0, 0.05) is 10.7 Å². The van der Waals surface area contributed by atoms with Crippen molar-refractivity contribution in [1.82, 2.24) is 0 Å². The maximum Gasteiger partial charge on any atom is 0.417 e. The molecule has 0 radical (unpaired) electrons. The Labute approximate surface area is 145 Å². The van der Waals surface area contributed by atoms with Crippen molar-refractivity contribution < 1.29 is 9.53 Å². The highest BCUT2D eigenvalue weighted by Gasteiger charge is 2.14. The molecule has 0 atom stereocenters. The molecule has 2 aromatic carbocycles. The average Bonchev–Trinajstić information content (AvgIpc) is 2.38. The zero-order valence-electron chi connectivity index (χ0n) is 10.1. The van der Waals surface area contributed by atoms with Gasteiger partial charge in [0.2, 0.25) is 0 Å². The molecule has 0 bridgehead atoms. The third-order valence-electron chi connectivity index (χ3n) is 2.32. The second-order valence-corrected chi connectivity index (χ2v) is 5.91. The number of carbonyl (C=O) groups excluding carboxylic acids is 1. The molecule has 0 aliphatic rings. The van der Waals surface area contributed by atoms with E-state index in [-0.39, 0.29) is 15.8 Å². The molecular weight excluding hydrogens is 379 g/mol. The maximum atomic E-state index is 11.8. The standard InChI is InChI=1S/C13H6Cl5NO2/c14-6-3-10(17)12(11(18)4-6)21-13(20)19-7-1-2-8(15)9(16)5-7/h1-5H,(H,19,20). The highest BCUT2D eigenvalue weighted by atomic mass is 35.5. The molecule has 1 N–H and O–H groups in total. The van der Waals surface area contributed by atoms with Crippen molar-refractivity contribution in [2.75, 3.05) is 5.32 Å². The maximum absolute atomic E-state index is 11.8. The molecule has 0 aliphatic carbocycles. The van der Waals surface area contributed by atoms with E-state index in [1.54, 1.807) is 12.1 Å². The quantitative estimate of drug-likeness (QED) is 0.635. The van der Waals surface area contributed by atoms with Gasteiger partial charge in [0.05, 0.1) is 20.1 Å². The van der Waals surface area contributed by atoms with E-state index in [2.05, 4.69) is 5.32 Å². The fraction of sp³-hybridized carbons (Fsp3) is 0. The van der Waals surface area contributed by atoms with Gasteiger partial charge < -0.3 is 4.74 Å². The van der Waals surface area contributed by atoms with Crippen molar-refractivity contribution in [2.24, 2.45) is 0 Å². The molecule has 2 aromatic rings. The van der Waals surface area contributed by atoms with E-state index in [1.807, 2.05) is 0 Å². The number of halogens is 5. The molecule has 2 rings (SSSR count). The minimum Gasteiger partial charge on any atom is -0.407 e. The first kappa shape index (κ1) is 16.5. The van der Waals surface area contributed by atoms with Crippen molar-refractivity contribution in [3.05, 3.63) is 55.4 Å². The van der Waals surface area contributed by atoms with Gasteiger partial charge in [0.25, 0.3) is 0 Å². The highest BCUT2D eigenvalue weighted by Crippen LogP contribution is 2.36. The first-order chi connectivity index (χ1) is 9.86. The van der Waals surface area contributed by atoms with Crippen molar-refractivity contribution in [1.29, 1.82) is 0 Å². The summed E-state index contributed by atoms with van der Waals surface area (Å²) >= 11 is 29.2. The Morgan fingerprint density at radius 2 is 1.48 bits per heavy atom. The van der Waals surface area contributed by atoms with E-state index in [1.165, 1.54) is 18.2 Å². The van der Waals surface area contributed by atoms with Gasteiger partial charge in [0.15, 0.2) is 5.75 Å². The van der Waals surface area contributed by atoms with Crippen LogP contribution in [0.3, 0.4) is 0 Å². The van der Waals surface area contributed by atoms with E-state index in [0.717, 1.165) is 0 Å². The summed E-state index contributed by atoms with van der Waals surface area (Å²) in [7, 11) is 0. The number of carbonyl (C=O) groups is 1. The van der Waals surface area contributed by atoms with E-state index >= 15 is 0 Å². The van der Waals surface area contributed by atoms with Crippen molar-refractivity contribution in [3.8, 4) is 5.75 Å².